The molecule has 3 atom stereocenters. The van der Waals surface area contributed by atoms with Gasteiger partial charge in [0.05, 0.1) is 12.2 Å². The van der Waals surface area contributed by atoms with Gasteiger partial charge in [-0.25, -0.2) is 5.48 Å². The predicted molar refractivity (Wildman–Crippen MR) is 221 cm³/mol. The number of hydrogen-bond donors (Lipinski definition) is 9. The molecule has 0 saturated carbocycles. The summed E-state index contributed by atoms with van der Waals surface area (Å²) in [5.41, 5.74) is 5.43. The van der Waals surface area contributed by atoms with Gasteiger partial charge in [-0.15, -0.1) is 0 Å². The number of aliphatic hydroxyl groups is 2. The number of nitrogens with one attached hydrogen (secondary N) is 5. The van der Waals surface area contributed by atoms with Crippen molar-refractivity contribution in [1.29, 1.82) is 10.8 Å². The average molecular weight is 836 g/mol. The first-order valence-corrected chi connectivity index (χ1v) is 19.2. The summed E-state index contributed by atoms with van der Waals surface area (Å²) in [4.78, 5) is 41.1. The van der Waals surface area contributed by atoms with Gasteiger partial charge in [0, 0.05) is 69.0 Å². The van der Waals surface area contributed by atoms with Crippen LogP contribution in [0.25, 0.3) is 0 Å². The molecule has 2 fully saturated rings. The number of phenols is 2. The maximum atomic E-state index is 14.2. The van der Waals surface area contributed by atoms with Gasteiger partial charge < -0.3 is 50.4 Å². The van der Waals surface area contributed by atoms with Gasteiger partial charge in [0.2, 0.25) is 0 Å². The standard InChI is InChI=1S/C41H51F2N9O8/c1-6-47-38(57)37(45)52(36(44)29-20-28(23(2)3)30(54)21-31(29)55)26-9-7-25(8-10-26)39(58)51-17-15-50(16-18-51)27-11-12-32(24(4)19-27)60-49-34(46-5)13-14-48-40-41(42,43)35(56)33(22-53)59-40/h7-14,19-21,23,33,35,40,44-45,48,53-56H,6,15-18,22H2,1-5H3,(H,46,49)(H,47,57)/b14-13-,44-36?,45-37?/t33-,35-,40-/m0/s1. The van der Waals surface area contributed by atoms with Crippen molar-refractivity contribution in [3.8, 4) is 17.2 Å². The van der Waals surface area contributed by atoms with E-state index in [2.05, 4.69) is 26.0 Å². The summed E-state index contributed by atoms with van der Waals surface area (Å²) >= 11 is 0. The van der Waals surface area contributed by atoms with Crippen LogP contribution in [0.5, 0.6) is 17.2 Å². The minimum absolute atomic E-state index is 0.00480. The molecule has 9 N–H and O–H groups in total. The van der Waals surface area contributed by atoms with E-state index in [4.69, 9.17) is 25.5 Å². The van der Waals surface area contributed by atoms with E-state index in [9.17, 15) is 33.7 Å². The SMILES string of the molecule is CCNC(=O)C(=N)N(C(=N)c1cc(C(C)C)c(O)cc1O)c1ccc(C(=O)N2CCN(c3ccc(ONC(/C=C\N[C@H]4O[C@@H](CO)[C@H](O)C4(F)F)=NC)c(C)c3)CC2)cc1. The summed E-state index contributed by atoms with van der Waals surface area (Å²) in [5, 5.41) is 62.5. The van der Waals surface area contributed by atoms with Crippen LogP contribution in [0.4, 0.5) is 20.2 Å². The highest BCUT2D eigenvalue weighted by molar-refractivity contribution is 6.48. The van der Waals surface area contributed by atoms with E-state index in [1.54, 1.807) is 30.0 Å². The van der Waals surface area contributed by atoms with Crippen LogP contribution in [0.15, 0.2) is 71.9 Å². The Bertz CT molecular complexity index is 2120. The lowest BCUT2D eigenvalue weighted by atomic mass is 9.98. The lowest BCUT2D eigenvalue weighted by molar-refractivity contribution is -0.117. The van der Waals surface area contributed by atoms with Crippen LogP contribution in [-0.2, 0) is 9.53 Å². The third-order valence-electron chi connectivity index (χ3n) is 10.1. The quantitative estimate of drug-likeness (QED) is 0.0727. The maximum Gasteiger partial charge on any atom is 0.319 e. The number of rotatable bonds is 12. The van der Waals surface area contributed by atoms with E-state index in [0.29, 0.717) is 43.1 Å². The van der Waals surface area contributed by atoms with E-state index in [1.165, 1.54) is 37.5 Å². The molecule has 2 aliphatic rings. The lowest BCUT2D eigenvalue weighted by Gasteiger charge is -2.36. The van der Waals surface area contributed by atoms with Crippen LogP contribution in [-0.4, -0.2) is 125 Å². The van der Waals surface area contributed by atoms with Crippen molar-refractivity contribution in [2.24, 2.45) is 4.99 Å². The molecule has 3 aromatic carbocycles. The molecule has 60 heavy (non-hydrogen) atoms. The second-order valence-electron chi connectivity index (χ2n) is 14.4. The van der Waals surface area contributed by atoms with Crippen molar-refractivity contribution in [3.05, 3.63) is 89.1 Å². The van der Waals surface area contributed by atoms with Gasteiger partial charge in [0.1, 0.15) is 23.4 Å². The Hall–Kier alpha value is -6.31. The molecule has 2 aliphatic heterocycles. The molecule has 0 unspecified atom stereocenters. The van der Waals surface area contributed by atoms with Crippen molar-refractivity contribution in [3.63, 3.8) is 0 Å². The summed E-state index contributed by atoms with van der Waals surface area (Å²) < 4.78 is 33.5. The van der Waals surface area contributed by atoms with Gasteiger partial charge in [-0.05, 0) is 85.5 Å². The average Bonchev–Trinajstić information content (AvgIpc) is 3.45. The van der Waals surface area contributed by atoms with Gasteiger partial charge in [-0.3, -0.25) is 30.3 Å². The minimum atomic E-state index is -3.62. The highest BCUT2D eigenvalue weighted by atomic mass is 19.3. The number of ether oxygens (including phenoxy) is 1. The van der Waals surface area contributed by atoms with Crippen molar-refractivity contribution >= 4 is 40.7 Å². The van der Waals surface area contributed by atoms with Crippen molar-refractivity contribution in [2.45, 2.75) is 58.0 Å². The first kappa shape index (κ1) is 44.8. The highest BCUT2D eigenvalue weighted by Crippen LogP contribution is 2.36. The summed E-state index contributed by atoms with van der Waals surface area (Å²) in [5.74, 6) is -5.56. The molecule has 0 spiro atoms. The zero-order valence-corrected chi connectivity index (χ0v) is 33.9. The Kier molecular flexibility index (Phi) is 14.3. The van der Waals surface area contributed by atoms with Crippen LogP contribution >= 0.6 is 0 Å². The molecule has 3 aromatic rings. The second-order valence-corrected chi connectivity index (χ2v) is 14.4. The molecule has 2 heterocycles. The summed E-state index contributed by atoms with van der Waals surface area (Å²) in [6, 6.07) is 14.3. The Balaban J connectivity index is 1.19. The van der Waals surface area contributed by atoms with Gasteiger partial charge in [-0.2, -0.15) is 8.78 Å². The number of halogens is 2. The van der Waals surface area contributed by atoms with Crippen LogP contribution in [0.2, 0.25) is 0 Å². The molecule has 19 heteroatoms. The van der Waals surface area contributed by atoms with Crippen LogP contribution < -0.4 is 30.8 Å². The van der Waals surface area contributed by atoms with Crippen LogP contribution in [0.3, 0.4) is 0 Å². The largest absolute Gasteiger partial charge is 0.508 e. The number of likely N-dealkylation sites (N-methyl/N-ethyl adjacent to an activating group) is 1. The fourth-order valence-electron chi connectivity index (χ4n) is 6.64. The number of hydrogen-bond acceptors (Lipinski definition) is 13. The number of aliphatic hydroxyl groups excluding tert-OH is 2. The van der Waals surface area contributed by atoms with E-state index in [1.807, 2.05) is 32.9 Å². The third kappa shape index (κ3) is 9.75. The van der Waals surface area contributed by atoms with Crippen molar-refractivity contribution in [2.75, 3.05) is 56.2 Å². The molecule has 5 rings (SSSR count). The van der Waals surface area contributed by atoms with E-state index in [-0.39, 0.29) is 47.0 Å². The van der Waals surface area contributed by atoms with Gasteiger partial charge >= 0.3 is 5.92 Å². The number of carbonyl (C=O) groups is 2. The van der Waals surface area contributed by atoms with E-state index >= 15 is 0 Å². The number of hydroxylamine groups is 1. The van der Waals surface area contributed by atoms with E-state index < -0.39 is 48.5 Å². The summed E-state index contributed by atoms with van der Waals surface area (Å²) in [6.45, 7) is 8.63. The maximum absolute atomic E-state index is 14.2. The van der Waals surface area contributed by atoms with Crippen LogP contribution in [0, 0.1) is 17.7 Å². The highest BCUT2D eigenvalue weighted by Gasteiger charge is 2.58. The number of benzene rings is 3. The van der Waals surface area contributed by atoms with E-state index in [0.717, 1.165) is 22.2 Å². The normalized spacial score (nSPS) is 19.0. The zero-order valence-electron chi connectivity index (χ0n) is 33.9. The number of nitrogens with zero attached hydrogens (tertiary/aromatic N) is 4. The molecule has 322 valence electrons. The van der Waals surface area contributed by atoms with Crippen LogP contribution in [0.1, 0.15) is 53.7 Å². The number of amides is 2. The smallest absolute Gasteiger partial charge is 0.319 e. The molecule has 17 nitrogen and oxygen atoms in total. The number of alkyl halides is 2. The molecule has 0 bridgehead atoms. The fourth-order valence-corrected chi connectivity index (χ4v) is 6.64. The van der Waals surface area contributed by atoms with Crippen molar-refractivity contribution in [1.82, 2.24) is 21.0 Å². The van der Waals surface area contributed by atoms with Gasteiger partial charge in [-0.1, -0.05) is 13.8 Å². The number of aromatic hydroxyl groups is 2. The predicted octanol–water partition coefficient (Wildman–Crippen LogP) is 3.17. The molecular formula is C41H51F2N9O8. The number of aliphatic imine (C=N–C) groups is 1. The Morgan fingerprint density at radius 2 is 1.75 bits per heavy atom. The zero-order chi connectivity index (χ0) is 43.9. The first-order chi connectivity index (χ1) is 28.5. The molecule has 2 saturated heterocycles. The summed E-state index contributed by atoms with van der Waals surface area (Å²) in [7, 11) is 1.47. The topological polar surface area (TPSA) is 239 Å². The molecule has 0 radical (unpaired) electrons. The molecule has 0 aliphatic carbocycles. The number of piperazine rings is 1. The number of phenolic OH excluding ortho intramolecular Hbond substituents is 2. The monoisotopic (exact) mass is 835 g/mol. The number of anilines is 2. The lowest BCUT2D eigenvalue weighted by Crippen LogP contribution is -2.48. The molecule has 2 amide bonds. The summed E-state index contributed by atoms with van der Waals surface area (Å²) in [6.07, 6.45) is -2.92. The molecular weight excluding hydrogens is 785 g/mol. The van der Waals surface area contributed by atoms with Crippen molar-refractivity contribution < 1.29 is 48.4 Å². The minimum Gasteiger partial charge on any atom is -0.508 e. The number of aryl methyl sites for hydroxylation is 1. The number of carbonyl (C=O) groups excluding carboxylic acids is 2. The molecule has 0 aromatic heterocycles. The van der Waals surface area contributed by atoms with Gasteiger partial charge in [0.15, 0.2) is 29.8 Å². The number of amidine groups is 3. The second kappa shape index (κ2) is 19.2. The third-order valence-corrected chi connectivity index (χ3v) is 10.1. The Morgan fingerprint density at radius 1 is 1.07 bits per heavy atom. The fraction of sp³-hybridized carbons (Fsp3) is 0.390. The first-order valence-electron chi connectivity index (χ1n) is 19.2. The Morgan fingerprint density at radius 3 is 2.33 bits per heavy atom. The van der Waals surface area contributed by atoms with Gasteiger partial charge in [0.25, 0.3) is 11.8 Å². The Labute approximate surface area is 345 Å².